The number of hydrogen-bond acceptors (Lipinski definition) is 5. The fraction of sp³-hybridized carbons (Fsp3) is 0.647. The van der Waals surface area contributed by atoms with E-state index >= 15 is 0 Å². The van der Waals surface area contributed by atoms with Gasteiger partial charge >= 0.3 is 0 Å². The predicted molar refractivity (Wildman–Crippen MR) is 92.4 cm³/mol. The topological polar surface area (TPSA) is 37.2 Å². The molecule has 2 aliphatic rings. The number of piperidine rings is 1. The standard InChI is InChI=1S/C17H25N5S/c1-2-7-20(6-1)12-16-13-22(19-18-16)17-3-8-21(9-4-17)11-15-5-10-23-14-15/h5,10,13-14,17H,1-4,6-9,11-12H2. The first-order valence-electron chi connectivity index (χ1n) is 8.73. The number of nitrogens with zero attached hydrogens (tertiary/aromatic N) is 5. The van der Waals surface area contributed by atoms with Crippen LogP contribution in [-0.2, 0) is 13.1 Å². The van der Waals surface area contributed by atoms with E-state index in [2.05, 4.69) is 47.8 Å². The molecule has 2 aliphatic heterocycles. The van der Waals surface area contributed by atoms with Crippen LogP contribution in [-0.4, -0.2) is 51.0 Å². The van der Waals surface area contributed by atoms with Crippen LogP contribution in [0.2, 0.25) is 0 Å². The zero-order valence-corrected chi connectivity index (χ0v) is 14.4. The lowest BCUT2D eigenvalue weighted by atomic mass is 10.0. The van der Waals surface area contributed by atoms with E-state index in [1.807, 2.05) is 0 Å². The zero-order valence-electron chi connectivity index (χ0n) is 13.6. The van der Waals surface area contributed by atoms with Crippen molar-refractivity contribution >= 4 is 11.3 Å². The minimum Gasteiger partial charge on any atom is -0.299 e. The Morgan fingerprint density at radius 3 is 2.57 bits per heavy atom. The summed E-state index contributed by atoms with van der Waals surface area (Å²) in [4.78, 5) is 5.04. The number of likely N-dealkylation sites (tertiary alicyclic amines) is 2. The highest BCUT2D eigenvalue weighted by Crippen LogP contribution is 2.23. The molecule has 0 atom stereocenters. The molecule has 0 saturated carbocycles. The molecule has 4 rings (SSSR count). The van der Waals surface area contributed by atoms with Crippen molar-refractivity contribution in [2.75, 3.05) is 26.2 Å². The molecule has 0 bridgehead atoms. The summed E-state index contributed by atoms with van der Waals surface area (Å²) in [6, 6.07) is 2.76. The van der Waals surface area contributed by atoms with Gasteiger partial charge in [-0.05, 0) is 61.2 Å². The lowest BCUT2D eigenvalue weighted by Gasteiger charge is -2.31. The van der Waals surface area contributed by atoms with Gasteiger partial charge in [-0.3, -0.25) is 9.80 Å². The van der Waals surface area contributed by atoms with E-state index in [4.69, 9.17) is 0 Å². The van der Waals surface area contributed by atoms with Crippen LogP contribution < -0.4 is 0 Å². The Morgan fingerprint density at radius 1 is 1.04 bits per heavy atom. The van der Waals surface area contributed by atoms with Crippen LogP contribution in [0.5, 0.6) is 0 Å². The maximum absolute atomic E-state index is 4.41. The zero-order chi connectivity index (χ0) is 15.5. The average molecular weight is 331 g/mol. The molecule has 23 heavy (non-hydrogen) atoms. The largest absolute Gasteiger partial charge is 0.299 e. The van der Waals surface area contributed by atoms with Crippen molar-refractivity contribution in [3.63, 3.8) is 0 Å². The van der Waals surface area contributed by atoms with E-state index in [9.17, 15) is 0 Å². The van der Waals surface area contributed by atoms with Gasteiger partial charge in [-0.25, -0.2) is 4.68 Å². The molecule has 2 aromatic rings. The third kappa shape index (κ3) is 3.82. The molecule has 0 aromatic carbocycles. The van der Waals surface area contributed by atoms with Crippen molar-refractivity contribution in [1.82, 2.24) is 24.8 Å². The normalized spacial score (nSPS) is 21.2. The first-order chi connectivity index (χ1) is 11.4. The number of hydrogen-bond donors (Lipinski definition) is 0. The molecular weight excluding hydrogens is 306 g/mol. The van der Waals surface area contributed by atoms with Crippen molar-refractivity contribution in [1.29, 1.82) is 0 Å². The van der Waals surface area contributed by atoms with Crippen LogP contribution in [0, 0.1) is 0 Å². The molecule has 0 amide bonds. The summed E-state index contributed by atoms with van der Waals surface area (Å²) in [6.07, 6.45) is 7.19. The highest BCUT2D eigenvalue weighted by atomic mass is 32.1. The van der Waals surface area contributed by atoms with E-state index < -0.39 is 0 Å². The Morgan fingerprint density at radius 2 is 1.83 bits per heavy atom. The van der Waals surface area contributed by atoms with Gasteiger partial charge in [-0.15, -0.1) is 5.10 Å². The van der Waals surface area contributed by atoms with Crippen molar-refractivity contribution in [3.05, 3.63) is 34.3 Å². The molecule has 2 saturated heterocycles. The van der Waals surface area contributed by atoms with Crippen LogP contribution >= 0.6 is 11.3 Å². The van der Waals surface area contributed by atoms with Crippen molar-refractivity contribution in [2.24, 2.45) is 0 Å². The molecule has 0 spiro atoms. The fourth-order valence-corrected chi connectivity index (χ4v) is 4.38. The minimum absolute atomic E-state index is 0.522. The highest BCUT2D eigenvalue weighted by molar-refractivity contribution is 7.07. The molecule has 4 heterocycles. The molecular formula is C17H25N5S. The average Bonchev–Trinajstić information content (AvgIpc) is 3.31. The fourth-order valence-electron chi connectivity index (χ4n) is 3.72. The second-order valence-corrected chi connectivity index (χ2v) is 7.59. The van der Waals surface area contributed by atoms with E-state index in [1.165, 1.54) is 44.3 Å². The van der Waals surface area contributed by atoms with Crippen LogP contribution in [0.3, 0.4) is 0 Å². The Kier molecular flexibility index (Phi) is 4.73. The quantitative estimate of drug-likeness (QED) is 0.844. The molecule has 0 unspecified atom stereocenters. The number of rotatable bonds is 5. The van der Waals surface area contributed by atoms with E-state index in [-0.39, 0.29) is 0 Å². The van der Waals surface area contributed by atoms with Crippen LogP contribution in [0.15, 0.2) is 23.0 Å². The summed E-state index contributed by atoms with van der Waals surface area (Å²) in [5, 5.41) is 13.2. The van der Waals surface area contributed by atoms with E-state index in [0.717, 1.165) is 31.9 Å². The lowest BCUT2D eigenvalue weighted by molar-refractivity contribution is 0.172. The van der Waals surface area contributed by atoms with Crippen molar-refractivity contribution in [3.8, 4) is 0 Å². The van der Waals surface area contributed by atoms with E-state index in [1.54, 1.807) is 11.3 Å². The predicted octanol–water partition coefficient (Wildman–Crippen LogP) is 2.77. The summed E-state index contributed by atoms with van der Waals surface area (Å²) in [5.41, 5.74) is 2.58. The molecule has 6 heteroatoms. The van der Waals surface area contributed by atoms with Gasteiger partial charge in [-0.2, -0.15) is 11.3 Å². The summed E-state index contributed by atoms with van der Waals surface area (Å²) < 4.78 is 2.12. The van der Waals surface area contributed by atoms with Crippen molar-refractivity contribution < 1.29 is 0 Å². The second-order valence-electron chi connectivity index (χ2n) is 6.81. The van der Waals surface area contributed by atoms with Gasteiger partial charge in [0.2, 0.25) is 0 Å². The molecule has 124 valence electrons. The monoisotopic (exact) mass is 331 g/mol. The van der Waals surface area contributed by atoms with Crippen molar-refractivity contribution in [2.45, 2.75) is 44.8 Å². The van der Waals surface area contributed by atoms with Gasteiger partial charge in [0, 0.05) is 26.2 Å². The first-order valence-corrected chi connectivity index (χ1v) is 9.67. The Balaban J connectivity index is 1.29. The van der Waals surface area contributed by atoms with Crippen LogP contribution in [0.25, 0.3) is 0 Å². The minimum atomic E-state index is 0.522. The van der Waals surface area contributed by atoms with Crippen LogP contribution in [0.1, 0.15) is 43.0 Å². The maximum Gasteiger partial charge on any atom is 0.0967 e. The smallest absolute Gasteiger partial charge is 0.0967 e. The van der Waals surface area contributed by atoms with Gasteiger partial charge in [0.25, 0.3) is 0 Å². The Bertz CT molecular complexity index is 594. The lowest BCUT2D eigenvalue weighted by Crippen LogP contribution is -2.34. The second kappa shape index (κ2) is 7.11. The van der Waals surface area contributed by atoms with Gasteiger partial charge in [0.15, 0.2) is 0 Å². The Labute approximate surface area is 141 Å². The summed E-state index contributed by atoms with van der Waals surface area (Å²) >= 11 is 1.79. The molecule has 0 aliphatic carbocycles. The third-order valence-electron chi connectivity index (χ3n) is 5.06. The third-order valence-corrected chi connectivity index (χ3v) is 5.79. The molecule has 0 radical (unpaired) electrons. The van der Waals surface area contributed by atoms with Crippen LogP contribution in [0.4, 0.5) is 0 Å². The number of thiophene rings is 1. The maximum atomic E-state index is 4.41. The SMILES string of the molecule is c1cc(CN2CCC(n3cc(CN4CCCC4)nn3)CC2)cs1. The molecule has 2 fully saturated rings. The van der Waals surface area contributed by atoms with Gasteiger partial charge < -0.3 is 0 Å². The van der Waals surface area contributed by atoms with Gasteiger partial charge in [-0.1, -0.05) is 5.21 Å². The van der Waals surface area contributed by atoms with Gasteiger partial charge in [0.1, 0.15) is 0 Å². The van der Waals surface area contributed by atoms with E-state index in [0.29, 0.717) is 6.04 Å². The first kappa shape index (κ1) is 15.3. The summed E-state index contributed by atoms with van der Waals surface area (Å²) in [7, 11) is 0. The Hall–Kier alpha value is -1.24. The number of aromatic nitrogens is 3. The molecule has 0 N–H and O–H groups in total. The highest BCUT2D eigenvalue weighted by Gasteiger charge is 2.22. The summed E-state index contributed by atoms with van der Waals surface area (Å²) in [6.45, 7) is 6.80. The summed E-state index contributed by atoms with van der Waals surface area (Å²) in [5.74, 6) is 0. The van der Waals surface area contributed by atoms with Gasteiger partial charge in [0.05, 0.1) is 17.9 Å². The molecule has 5 nitrogen and oxygen atoms in total. The molecule has 2 aromatic heterocycles.